The highest BCUT2D eigenvalue weighted by Crippen LogP contribution is 2.45. The van der Waals surface area contributed by atoms with E-state index in [-0.39, 0.29) is 0 Å². The summed E-state index contributed by atoms with van der Waals surface area (Å²) in [5.74, 6) is 2.59. The van der Waals surface area contributed by atoms with Crippen molar-refractivity contribution in [2.24, 2.45) is 28.9 Å². The third-order valence-corrected chi connectivity index (χ3v) is 5.95. The summed E-state index contributed by atoms with van der Waals surface area (Å²) in [6.45, 7) is 7.29. The maximum absolute atomic E-state index is 6.67. The average Bonchev–Trinajstić information content (AvgIpc) is 2.33. The molecule has 0 saturated heterocycles. The molecule has 4 unspecified atom stereocenters. The van der Waals surface area contributed by atoms with E-state index in [0.29, 0.717) is 11.5 Å². The standard InChI is InChI=1S/C16H31N/c1-12-7-8-14(11-13(12)2)15(17)16(3)9-5-4-6-10-16/h12-15H,4-11,17H2,1-3H3. The number of nitrogens with two attached hydrogens (primary N) is 1. The summed E-state index contributed by atoms with van der Waals surface area (Å²) in [6.07, 6.45) is 11.1. The zero-order valence-corrected chi connectivity index (χ0v) is 12.0. The largest absolute Gasteiger partial charge is 0.327 e. The van der Waals surface area contributed by atoms with Crippen LogP contribution in [-0.2, 0) is 0 Å². The van der Waals surface area contributed by atoms with Crippen molar-refractivity contribution in [3.8, 4) is 0 Å². The Kier molecular flexibility index (Phi) is 4.18. The molecule has 0 heterocycles. The van der Waals surface area contributed by atoms with E-state index in [4.69, 9.17) is 5.73 Å². The second-order valence-electron chi connectivity index (χ2n) is 7.27. The Morgan fingerprint density at radius 2 is 1.65 bits per heavy atom. The second kappa shape index (κ2) is 5.30. The van der Waals surface area contributed by atoms with E-state index in [1.807, 2.05) is 0 Å². The molecule has 2 rings (SSSR count). The van der Waals surface area contributed by atoms with Gasteiger partial charge in [0.25, 0.3) is 0 Å². The van der Waals surface area contributed by atoms with E-state index in [1.165, 1.54) is 51.4 Å². The van der Waals surface area contributed by atoms with E-state index in [0.717, 1.165) is 17.8 Å². The summed E-state index contributed by atoms with van der Waals surface area (Å²) < 4.78 is 0. The molecular weight excluding hydrogens is 206 g/mol. The van der Waals surface area contributed by atoms with Gasteiger partial charge in [-0.25, -0.2) is 0 Å². The Bertz CT molecular complexity index is 242. The molecule has 0 aliphatic heterocycles. The minimum atomic E-state index is 0.448. The van der Waals surface area contributed by atoms with Gasteiger partial charge in [0.1, 0.15) is 0 Å². The zero-order valence-electron chi connectivity index (χ0n) is 12.0. The lowest BCUT2D eigenvalue weighted by Gasteiger charge is -2.45. The van der Waals surface area contributed by atoms with Crippen molar-refractivity contribution >= 4 is 0 Å². The van der Waals surface area contributed by atoms with Crippen molar-refractivity contribution < 1.29 is 0 Å². The Labute approximate surface area is 108 Å². The lowest BCUT2D eigenvalue weighted by Crippen LogP contribution is -2.48. The maximum atomic E-state index is 6.67. The Hall–Kier alpha value is -0.0400. The zero-order chi connectivity index (χ0) is 12.5. The monoisotopic (exact) mass is 237 g/mol. The molecule has 0 aromatic heterocycles. The fourth-order valence-corrected chi connectivity index (χ4v) is 4.18. The number of hydrogen-bond acceptors (Lipinski definition) is 1. The first-order valence-corrected chi connectivity index (χ1v) is 7.78. The molecule has 1 nitrogen and oxygen atoms in total. The topological polar surface area (TPSA) is 26.0 Å². The van der Waals surface area contributed by atoms with Gasteiger partial charge >= 0.3 is 0 Å². The Morgan fingerprint density at radius 3 is 2.24 bits per heavy atom. The molecule has 0 radical (unpaired) electrons. The molecule has 0 amide bonds. The Morgan fingerprint density at radius 1 is 1.00 bits per heavy atom. The van der Waals surface area contributed by atoms with Gasteiger partial charge in [-0.1, -0.05) is 46.5 Å². The summed E-state index contributed by atoms with van der Waals surface area (Å²) in [6, 6.07) is 0.456. The summed E-state index contributed by atoms with van der Waals surface area (Å²) in [5, 5.41) is 0. The molecule has 2 aliphatic rings. The van der Waals surface area contributed by atoms with Crippen LogP contribution in [0.1, 0.15) is 72.1 Å². The second-order valence-corrected chi connectivity index (χ2v) is 7.27. The normalized spacial score (nSPS) is 39.9. The molecule has 2 N–H and O–H groups in total. The first-order chi connectivity index (χ1) is 8.03. The van der Waals surface area contributed by atoms with Crippen LogP contribution < -0.4 is 5.73 Å². The summed E-state index contributed by atoms with van der Waals surface area (Å²) in [7, 11) is 0. The first-order valence-electron chi connectivity index (χ1n) is 7.78. The van der Waals surface area contributed by atoms with Gasteiger partial charge in [0.15, 0.2) is 0 Å². The number of rotatable bonds is 2. The quantitative estimate of drug-likeness (QED) is 0.759. The van der Waals surface area contributed by atoms with Gasteiger partial charge in [0.05, 0.1) is 0 Å². The molecule has 2 fully saturated rings. The highest BCUT2D eigenvalue weighted by molar-refractivity contribution is 4.94. The van der Waals surface area contributed by atoms with Crippen LogP contribution >= 0.6 is 0 Å². The van der Waals surface area contributed by atoms with E-state index in [2.05, 4.69) is 20.8 Å². The van der Waals surface area contributed by atoms with Crippen LogP contribution in [0.4, 0.5) is 0 Å². The minimum Gasteiger partial charge on any atom is -0.327 e. The Balaban J connectivity index is 1.96. The molecule has 17 heavy (non-hydrogen) atoms. The minimum absolute atomic E-state index is 0.448. The van der Waals surface area contributed by atoms with Gasteiger partial charge in [0, 0.05) is 6.04 Å². The van der Waals surface area contributed by atoms with Gasteiger partial charge in [-0.2, -0.15) is 0 Å². The molecular formula is C16H31N. The van der Waals surface area contributed by atoms with Crippen molar-refractivity contribution in [3.05, 3.63) is 0 Å². The molecule has 1 heteroatoms. The predicted octanol–water partition coefficient (Wildman–Crippen LogP) is 4.36. The smallest absolute Gasteiger partial charge is 0.0121 e. The molecule has 0 bridgehead atoms. The van der Waals surface area contributed by atoms with Gasteiger partial charge < -0.3 is 5.73 Å². The van der Waals surface area contributed by atoms with Crippen LogP contribution in [0, 0.1) is 23.2 Å². The lowest BCUT2D eigenvalue weighted by atomic mass is 9.62. The molecule has 100 valence electrons. The summed E-state index contributed by atoms with van der Waals surface area (Å²) in [5.41, 5.74) is 7.11. The van der Waals surface area contributed by atoms with Crippen molar-refractivity contribution in [1.29, 1.82) is 0 Å². The number of hydrogen-bond donors (Lipinski definition) is 1. The lowest BCUT2D eigenvalue weighted by molar-refractivity contribution is 0.0852. The third-order valence-electron chi connectivity index (χ3n) is 5.95. The average molecular weight is 237 g/mol. The SMILES string of the molecule is CC1CCC(C(N)C2(C)CCCCC2)CC1C. The molecule has 2 saturated carbocycles. The van der Waals surface area contributed by atoms with Gasteiger partial charge in [-0.3, -0.25) is 0 Å². The van der Waals surface area contributed by atoms with Gasteiger partial charge in [-0.15, -0.1) is 0 Å². The van der Waals surface area contributed by atoms with E-state index < -0.39 is 0 Å². The van der Waals surface area contributed by atoms with E-state index in [1.54, 1.807) is 0 Å². The van der Waals surface area contributed by atoms with Gasteiger partial charge in [-0.05, 0) is 48.9 Å². The van der Waals surface area contributed by atoms with Crippen LogP contribution in [0.25, 0.3) is 0 Å². The van der Waals surface area contributed by atoms with E-state index in [9.17, 15) is 0 Å². The van der Waals surface area contributed by atoms with Crippen LogP contribution in [0.2, 0.25) is 0 Å². The van der Waals surface area contributed by atoms with Crippen LogP contribution in [0.15, 0.2) is 0 Å². The summed E-state index contributed by atoms with van der Waals surface area (Å²) >= 11 is 0. The molecule has 0 aromatic carbocycles. The van der Waals surface area contributed by atoms with E-state index >= 15 is 0 Å². The summed E-state index contributed by atoms with van der Waals surface area (Å²) in [4.78, 5) is 0. The van der Waals surface area contributed by atoms with Crippen LogP contribution in [0.5, 0.6) is 0 Å². The first kappa shape index (κ1) is 13.4. The van der Waals surface area contributed by atoms with Crippen LogP contribution in [-0.4, -0.2) is 6.04 Å². The van der Waals surface area contributed by atoms with Gasteiger partial charge in [0.2, 0.25) is 0 Å². The third kappa shape index (κ3) is 2.86. The van der Waals surface area contributed by atoms with Crippen molar-refractivity contribution in [2.45, 2.75) is 78.2 Å². The van der Waals surface area contributed by atoms with Crippen molar-refractivity contribution in [2.75, 3.05) is 0 Å². The molecule has 4 atom stereocenters. The molecule has 0 spiro atoms. The molecule has 2 aliphatic carbocycles. The van der Waals surface area contributed by atoms with Crippen LogP contribution in [0.3, 0.4) is 0 Å². The van der Waals surface area contributed by atoms with Crippen molar-refractivity contribution in [1.82, 2.24) is 0 Å². The maximum Gasteiger partial charge on any atom is 0.0121 e. The molecule has 0 aromatic rings. The highest BCUT2D eigenvalue weighted by atomic mass is 14.7. The fraction of sp³-hybridized carbons (Fsp3) is 1.00. The fourth-order valence-electron chi connectivity index (χ4n) is 4.18. The van der Waals surface area contributed by atoms with Crippen molar-refractivity contribution in [3.63, 3.8) is 0 Å². The highest BCUT2D eigenvalue weighted by Gasteiger charge is 2.39. The predicted molar refractivity (Wildman–Crippen MR) is 74.8 cm³/mol.